The lowest BCUT2D eigenvalue weighted by Crippen LogP contribution is -2.22. The van der Waals surface area contributed by atoms with Crippen LogP contribution < -0.4 is 4.90 Å². The Morgan fingerprint density at radius 3 is 2.95 bits per heavy atom. The predicted octanol–water partition coefficient (Wildman–Crippen LogP) is 3.39. The standard InChI is InChI=1S/C13H13N3O2S/c17-16(18)10-5-6-13(14-9-10)15-7-1-3-11(15)12-4-2-8-19-12/h2,4-6,8-9,11H,1,3,7H2. The van der Waals surface area contributed by atoms with Crippen molar-refractivity contribution in [2.45, 2.75) is 18.9 Å². The lowest BCUT2D eigenvalue weighted by atomic mass is 10.2. The molecule has 1 fully saturated rings. The van der Waals surface area contributed by atoms with Gasteiger partial charge in [-0.1, -0.05) is 6.07 Å². The first-order chi connectivity index (χ1) is 9.25. The molecule has 0 spiro atoms. The van der Waals surface area contributed by atoms with E-state index in [1.54, 1.807) is 17.4 Å². The van der Waals surface area contributed by atoms with Gasteiger partial charge in [0, 0.05) is 17.5 Å². The lowest BCUT2D eigenvalue weighted by molar-refractivity contribution is -0.385. The van der Waals surface area contributed by atoms with E-state index < -0.39 is 4.92 Å². The summed E-state index contributed by atoms with van der Waals surface area (Å²) in [6.07, 6.45) is 3.57. The Morgan fingerprint density at radius 1 is 1.42 bits per heavy atom. The Balaban J connectivity index is 1.86. The van der Waals surface area contributed by atoms with Crippen molar-refractivity contribution >= 4 is 22.8 Å². The van der Waals surface area contributed by atoms with Crippen molar-refractivity contribution in [3.63, 3.8) is 0 Å². The van der Waals surface area contributed by atoms with E-state index in [1.165, 1.54) is 17.1 Å². The molecule has 0 radical (unpaired) electrons. The van der Waals surface area contributed by atoms with Gasteiger partial charge in [0.15, 0.2) is 0 Å². The van der Waals surface area contributed by atoms with E-state index in [9.17, 15) is 10.1 Å². The van der Waals surface area contributed by atoms with Gasteiger partial charge in [0.1, 0.15) is 12.0 Å². The number of pyridine rings is 1. The molecule has 3 rings (SSSR count). The van der Waals surface area contributed by atoms with Gasteiger partial charge in [-0.3, -0.25) is 10.1 Å². The normalized spacial score (nSPS) is 18.7. The smallest absolute Gasteiger partial charge is 0.287 e. The monoisotopic (exact) mass is 275 g/mol. The van der Waals surface area contributed by atoms with Crippen LogP contribution in [0.3, 0.4) is 0 Å². The third kappa shape index (κ3) is 2.31. The molecule has 0 saturated carbocycles. The highest BCUT2D eigenvalue weighted by Crippen LogP contribution is 2.37. The van der Waals surface area contributed by atoms with Crippen molar-refractivity contribution < 1.29 is 4.92 Å². The molecule has 3 heterocycles. The molecule has 0 aliphatic carbocycles. The van der Waals surface area contributed by atoms with Crippen molar-refractivity contribution in [3.8, 4) is 0 Å². The molecule has 0 bridgehead atoms. The summed E-state index contributed by atoms with van der Waals surface area (Å²) in [6, 6.07) is 7.81. The largest absolute Gasteiger partial charge is 0.349 e. The maximum atomic E-state index is 10.6. The van der Waals surface area contributed by atoms with Gasteiger partial charge in [-0.25, -0.2) is 4.98 Å². The van der Waals surface area contributed by atoms with Crippen LogP contribution in [0.4, 0.5) is 11.5 Å². The van der Waals surface area contributed by atoms with Crippen molar-refractivity contribution in [1.82, 2.24) is 4.98 Å². The van der Waals surface area contributed by atoms with Crippen LogP contribution >= 0.6 is 11.3 Å². The molecule has 1 aliphatic heterocycles. The molecule has 1 saturated heterocycles. The van der Waals surface area contributed by atoms with Crippen LogP contribution in [0.25, 0.3) is 0 Å². The molecule has 0 N–H and O–H groups in total. The quantitative estimate of drug-likeness (QED) is 0.636. The van der Waals surface area contributed by atoms with Gasteiger partial charge in [-0.05, 0) is 30.4 Å². The summed E-state index contributed by atoms with van der Waals surface area (Å²) in [5, 5.41) is 12.7. The first-order valence-corrected chi connectivity index (χ1v) is 7.04. The SMILES string of the molecule is O=[N+]([O-])c1ccc(N2CCCC2c2cccs2)nc1. The molecular formula is C13H13N3O2S. The first kappa shape index (κ1) is 12.1. The van der Waals surface area contributed by atoms with Crippen LogP contribution in [0.2, 0.25) is 0 Å². The maximum Gasteiger partial charge on any atom is 0.287 e. The summed E-state index contributed by atoms with van der Waals surface area (Å²) in [5.41, 5.74) is 0.0376. The van der Waals surface area contributed by atoms with Crippen LogP contribution in [0.5, 0.6) is 0 Å². The summed E-state index contributed by atoms with van der Waals surface area (Å²) < 4.78 is 0. The zero-order chi connectivity index (χ0) is 13.2. The molecule has 1 aliphatic rings. The highest BCUT2D eigenvalue weighted by atomic mass is 32.1. The summed E-state index contributed by atoms with van der Waals surface area (Å²) in [7, 11) is 0. The molecule has 1 unspecified atom stereocenters. The number of hydrogen-bond donors (Lipinski definition) is 0. The van der Waals surface area contributed by atoms with Gasteiger partial charge in [-0.15, -0.1) is 11.3 Å². The van der Waals surface area contributed by atoms with E-state index in [0.717, 1.165) is 25.2 Å². The highest BCUT2D eigenvalue weighted by Gasteiger charge is 2.27. The second kappa shape index (κ2) is 4.97. The van der Waals surface area contributed by atoms with Crippen LogP contribution in [0.15, 0.2) is 35.8 Å². The van der Waals surface area contributed by atoms with E-state index >= 15 is 0 Å². The fourth-order valence-corrected chi connectivity index (χ4v) is 3.35. The predicted molar refractivity (Wildman–Crippen MR) is 74.5 cm³/mol. The molecule has 1 atom stereocenters. The number of thiophene rings is 1. The number of rotatable bonds is 3. The van der Waals surface area contributed by atoms with Gasteiger partial charge in [0.25, 0.3) is 5.69 Å². The molecular weight excluding hydrogens is 262 g/mol. The van der Waals surface area contributed by atoms with Crippen molar-refractivity contribution in [2.75, 3.05) is 11.4 Å². The third-order valence-electron chi connectivity index (χ3n) is 3.36. The number of nitro groups is 1. The second-order valence-corrected chi connectivity index (χ2v) is 5.48. The summed E-state index contributed by atoms with van der Waals surface area (Å²) in [6.45, 7) is 0.952. The minimum absolute atomic E-state index is 0.0376. The molecule has 98 valence electrons. The molecule has 0 amide bonds. The molecule has 5 nitrogen and oxygen atoms in total. The van der Waals surface area contributed by atoms with Gasteiger partial charge >= 0.3 is 0 Å². The van der Waals surface area contributed by atoms with Gasteiger partial charge in [-0.2, -0.15) is 0 Å². The zero-order valence-corrected chi connectivity index (χ0v) is 11.0. The van der Waals surface area contributed by atoms with E-state index in [0.29, 0.717) is 6.04 Å². The Labute approximate surface area is 114 Å². The van der Waals surface area contributed by atoms with E-state index in [-0.39, 0.29) is 5.69 Å². The molecule has 2 aromatic heterocycles. The van der Waals surface area contributed by atoms with Crippen molar-refractivity contribution in [3.05, 3.63) is 50.8 Å². The fourth-order valence-electron chi connectivity index (χ4n) is 2.47. The Kier molecular flexibility index (Phi) is 3.16. The summed E-state index contributed by atoms with van der Waals surface area (Å²) in [4.78, 5) is 18.0. The second-order valence-electron chi connectivity index (χ2n) is 4.50. The average molecular weight is 275 g/mol. The first-order valence-electron chi connectivity index (χ1n) is 6.16. The fraction of sp³-hybridized carbons (Fsp3) is 0.308. The van der Waals surface area contributed by atoms with Crippen LogP contribution in [-0.2, 0) is 0 Å². The minimum Gasteiger partial charge on any atom is -0.349 e. The Morgan fingerprint density at radius 2 is 2.32 bits per heavy atom. The van der Waals surface area contributed by atoms with Gasteiger partial charge in [0.2, 0.25) is 0 Å². The van der Waals surface area contributed by atoms with Crippen LogP contribution in [-0.4, -0.2) is 16.5 Å². The average Bonchev–Trinajstić information content (AvgIpc) is 3.09. The highest BCUT2D eigenvalue weighted by molar-refractivity contribution is 7.10. The van der Waals surface area contributed by atoms with Crippen molar-refractivity contribution in [2.24, 2.45) is 0 Å². The number of hydrogen-bond acceptors (Lipinski definition) is 5. The van der Waals surface area contributed by atoms with E-state index in [4.69, 9.17) is 0 Å². The van der Waals surface area contributed by atoms with Crippen LogP contribution in [0, 0.1) is 10.1 Å². The summed E-state index contributed by atoms with van der Waals surface area (Å²) >= 11 is 1.75. The molecule has 2 aromatic rings. The van der Waals surface area contributed by atoms with E-state index in [2.05, 4.69) is 27.4 Å². The van der Waals surface area contributed by atoms with Crippen LogP contribution in [0.1, 0.15) is 23.8 Å². The number of anilines is 1. The van der Waals surface area contributed by atoms with E-state index in [1.807, 2.05) is 0 Å². The number of nitrogens with zero attached hydrogens (tertiary/aromatic N) is 3. The Hall–Kier alpha value is -1.95. The Bertz CT molecular complexity index is 568. The van der Waals surface area contributed by atoms with Crippen molar-refractivity contribution in [1.29, 1.82) is 0 Å². The minimum atomic E-state index is -0.419. The van der Waals surface area contributed by atoms with Gasteiger partial charge < -0.3 is 4.90 Å². The zero-order valence-electron chi connectivity index (χ0n) is 10.2. The third-order valence-corrected chi connectivity index (χ3v) is 4.34. The number of aromatic nitrogens is 1. The topological polar surface area (TPSA) is 59.3 Å². The molecule has 19 heavy (non-hydrogen) atoms. The summed E-state index contributed by atoms with van der Waals surface area (Å²) in [5.74, 6) is 0.821. The lowest BCUT2D eigenvalue weighted by Gasteiger charge is -2.24. The molecule has 0 aromatic carbocycles. The molecule has 6 heteroatoms. The van der Waals surface area contributed by atoms with Gasteiger partial charge in [0.05, 0.1) is 11.0 Å². The maximum absolute atomic E-state index is 10.6.